The molecule has 1 atom stereocenters. The Morgan fingerprint density at radius 3 is 2.61 bits per heavy atom. The summed E-state index contributed by atoms with van der Waals surface area (Å²) in [5.41, 5.74) is 2.30. The molecule has 1 amide bonds. The van der Waals surface area contributed by atoms with Gasteiger partial charge in [0.05, 0.1) is 6.54 Å². The molecule has 0 unspecified atom stereocenters. The molecule has 1 aromatic rings. The van der Waals surface area contributed by atoms with Gasteiger partial charge in [-0.2, -0.15) is 0 Å². The standard InChI is InChI=1S/C18H26N2O3/c1-3-10-20(12-15-8-6-14(2)7-9-15)17(21)13-19-11-4-5-16(19)18(22)23/h6-9,16H,3-5,10-13H2,1-2H3,(H,22,23)/t16-/m1/s1. The van der Waals surface area contributed by atoms with E-state index in [2.05, 4.69) is 0 Å². The molecule has 0 spiro atoms. The van der Waals surface area contributed by atoms with Crippen LogP contribution in [0.25, 0.3) is 0 Å². The minimum absolute atomic E-state index is 0.0144. The molecule has 0 bridgehead atoms. The third kappa shape index (κ3) is 4.79. The lowest BCUT2D eigenvalue weighted by molar-refractivity contribution is -0.143. The zero-order chi connectivity index (χ0) is 16.8. The first-order valence-corrected chi connectivity index (χ1v) is 8.31. The second-order valence-electron chi connectivity index (χ2n) is 6.27. The number of amides is 1. The third-order valence-electron chi connectivity index (χ3n) is 4.33. The molecule has 1 N–H and O–H groups in total. The maximum absolute atomic E-state index is 12.6. The quantitative estimate of drug-likeness (QED) is 0.838. The van der Waals surface area contributed by atoms with Crippen molar-refractivity contribution in [3.8, 4) is 0 Å². The largest absolute Gasteiger partial charge is 0.480 e. The Labute approximate surface area is 137 Å². The van der Waals surface area contributed by atoms with Crippen LogP contribution in [-0.2, 0) is 16.1 Å². The molecule has 0 radical (unpaired) electrons. The third-order valence-corrected chi connectivity index (χ3v) is 4.33. The van der Waals surface area contributed by atoms with E-state index in [1.807, 2.05) is 43.0 Å². The first-order chi connectivity index (χ1) is 11.0. The summed E-state index contributed by atoms with van der Waals surface area (Å²) < 4.78 is 0. The zero-order valence-electron chi connectivity index (χ0n) is 14.0. The van der Waals surface area contributed by atoms with Crippen molar-refractivity contribution < 1.29 is 14.7 Å². The minimum Gasteiger partial charge on any atom is -0.480 e. The van der Waals surface area contributed by atoms with Gasteiger partial charge in [-0.15, -0.1) is 0 Å². The predicted molar refractivity (Wildman–Crippen MR) is 89.1 cm³/mol. The van der Waals surface area contributed by atoms with Gasteiger partial charge in [0.1, 0.15) is 6.04 Å². The molecule has 1 aromatic carbocycles. The molecule has 5 heteroatoms. The molecule has 2 rings (SSSR count). The van der Waals surface area contributed by atoms with Crippen molar-refractivity contribution >= 4 is 11.9 Å². The predicted octanol–water partition coefficient (Wildman–Crippen LogP) is 2.28. The van der Waals surface area contributed by atoms with E-state index in [0.717, 1.165) is 18.4 Å². The Morgan fingerprint density at radius 1 is 1.30 bits per heavy atom. The molecule has 1 fully saturated rings. The Kier molecular flexibility index (Phi) is 6.16. The fourth-order valence-corrected chi connectivity index (χ4v) is 3.04. The number of hydrogen-bond donors (Lipinski definition) is 1. The van der Waals surface area contributed by atoms with E-state index in [0.29, 0.717) is 26.1 Å². The molecule has 23 heavy (non-hydrogen) atoms. The highest BCUT2D eigenvalue weighted by molar-refractivity contribution is 5.80. The van der Waals surface area contributed by atoms with Crippen LogP contribution >= 0.6 is 0 Å². The number of carboxylic acids is 1. The average Bonchev–Trinajstić information content (AvgIpc) is 2.97. The molecular weight excluding hydrogens is 292 g/mol. The number of carbonyl (C=O) groups is 2. The number of aliphatic carboxylic acids is 1. The smallest absolute Gasteiger partial charge is 0.320 e. The van der Waals surface area contributed by atoms with E-state index in [1.54, 1.807) is 4.90 Å². The van der Waals surface area contributed by atoms with Crippen molar-refractivity contribution in [1.29, 1.82) is 0 Å². The Hall–Kier alpha value is -1.88. The second-order valence-corrected chi connectivity index (χ2v) is 6.27. The number of hydrogen-bond acceptors (Lipinski definition) is 3. The molecule has 0 aliphatic carbocycles. The first-order valence-electron chi connectivity index (χ1n) is 8.31. The van der Waals surface area contributed by atoms with Crippen molar-refractivity contribution in [3.63, 3.8) is 0 Å². The van der Waals surface area contributed by atoms with Gasteiger partial charge in [0.2, 0.25) is 5.91 Å². The highest BCUT2D eigenvalue weighted by Gasteiger charge is 2.32. The van der Waals surface area contributed by atoms with Gasteiger partial charge >= 0.3 is 5.97 Å². The molecule has 1 aliphatic rings. The molecule has 0 aromatic heterocycles. The Balaban J connectivity index is 2.00. The lowest BCUT2D eigenvalue weighted by Gasteiger charge is -2.27. The summed E-state index contributed by atoms with van der Waals surface area (Å²) in [6.45, 7) is 6.25. The van der Waals surface area contributed by atoms with Gasteiger partial charge in [0, 0.05) is 13.1 Å². The van der Waals surface area contributed by atoms with E-state index in [-0.39, 0.29) is 12.5 Å². The SMILES string of the molecule is CCCN(Cc1ccc(C)cc1)C(=O)CN1CCC[C@@H]1C(=O)O. The molecular formula is C18H26N2O3. The number of nitrogens with zero attached hydrogens (tertiary/aromatic N) is 2. The Morgan fingerprint density at radius 2 is 2.00 bits per heavy atom. The molecule has 126 valence electrons. The summed E-state index contributed by atoms with van der Waals surface area (Å²) in [4.78, 5) is 27.5. The van der Waals surface area contributed by atoms with Crippen LogP contribution in [0, 0.1) is 6.92 Å². The van der Waals surface area contributed by atoms with Gasteiger partial charge in [-0.1, -0.05) is 36.8 Å². The molecule has 1 saturated heterocycles. The molecule has 1 aliphatic heterocycles. The second kappa shape index (κ2) is 8.11. The van der Waals surface area contributed by atoms with Crippen molar-refractivity contribution in [2.45, 2.75) is 45.7 Å². The first kappa shape index (κ1) is 17.5. The summed E-state index contributed by atoms with van der Waals surface area (Å²) in [6, 6.07) is 7.67. The van der Waals surface area contributed by atoms with E-state index in [9.17, 15) is 14.7 Å². The average molecular weight is 318 g/mol. The van der Waals surface area contributed by atoms with Crippen LogP contribution in [0.4, 0.5) is 0 Å². The van der Waals surface area contributed by atoms with Crippen LogP contribution in [0.1, 0.15) is 37.3 Å². The van der Waals surface area contributed by atoms with Gasteiger partial charge in [0.25, 0.3) is 0 Å². The van der Waals surface area contributed by atoms with Crippen molar-refractivity contribution in [2.75, 3.05) is 19.6 Å². The maximum Gasteiger partial charge on any atom is 0.320 e. The van der Waals surface area contributed by atoms with Crippen LogP contribution in [0.5, 0.6) is 0 Å². The number of carboxylic acid groups (broad SMARTS) is 1. The van der Waals surface area contributed by atoms with E-state index >= 15 is 0 Å². The monoisotopic (exact) mass is 318 g/mol. The van der Waals surface area contributed by atoms with E-state index < -0.39 is 12.0 Å². The van der Waals surface area contributed by atoms with Crippen LogP contribution < -0.4 is 0 Å². The summed E-state index contributed by atoms with van der Waals surface area (Å²) in [5.74, 6) is -0.809. The summed E-state index contributed by atoms with van der Waals surface area (Å²) in [6.07, 6.45) is 2.37. The number of aryl methyl sites for hydroxylation is 1. The van der Waals surface area contributed by atoms with Gasteiger partial charge in [-0.05, 0) is 38.3 Å². The van der Waals surface area contributed by atoms with E-state index in [1.165, 1.54) is 5.56 Å². The lowest BCUT2D eigenvalue weighted by Crippen LogP contribution is -2.44. The number of benzene rings is 1. The normalized spacial score (nSPS) is 18.1. The van der Waals surface area contributed by atoms with Gasteiger partial charge < -0.3 is 10.0 Å². The summed E-state index contributed by atoms with van der Waals surface area (Å²) in [5, 5.41) is 9.23. The maximum atomic E-state index is 12.6. The van der Waals surface area contributed by atoms with Crippen LogP contribution in [0.3, 0.4) is 0 Å². The number of likely N-dealkylation sites (tertiary alicyclic amines) is 1. The van der Waals surface area contributed by atoms with Crippen LogP contribution in [0.2, 0.25) is 0 Å². The highest BCUT2D eigenvalue weighted by atomic mass is 16.4. The molecule has 0 saturated carbocycles. The van der Waals surface area contributed by atoms with Gasteiger partial charge in [-0.3, -0.25) is 14.5 Å². The molecule has 5 nitrogen and oxygen atoms in total. The van der Waals surface area contributed by atoms with E-state index in [4.69, 9.17) is 0 Å². The van der Waals surface area contributed by atoms with Crippen LogP contribution in [0.15, 0.2) is 24.3 Å². The van der Waals surface area contributed by atoms with Crippen molar-refractivity contribution in [1.82, 2.24) is 9.80 Å². The number of rotatable bonds is 7. The topological polar surface area (TPSA) is 60.9 Å². The van der Waals surface area contributed by atoms with Gasteiger partial charge in [0.15, 0.2) is 0 Å². The van der Waals surface area contributed by atoms with Crippen molar-refractivity contribution in [2.24, 2.45) is 0 Å². The molecule has 1 heterocycles. The zero-order valence-corrected chi connectivity index (χ0v) is 14.0. The van der Waals surface area contributed by atoms with Crippen LogP contribution in [-0.4, -0.2) is 52.5 Å². The fourth-order valence-electron chi connectivity index (χ4n) is 3.04. The summed E-state index contributed by atoms with van der Waals surface area (Å²) >= 11 is 0. The summed E-state index contributed by atoms with van der Waals surface area (Å²) in [7, 11) is 0. The Bertz CT molecular complexity index is 542. The highest BCUT2D eigenvalue weighted by Crippen LogP contribution is 2.18. The minimum atomic E-state index is -0.823. The van der Waals surface area contributed by atoms with Crippen molar-refractivity contribution in [3.05, 3.63) is 35.4 Å². The number of carbonyl (C=O) groups excluding carboxylic acids is 1. The van der Waals surface area contributed by atoms with Gasteiger partial charge in [-0.25, -0.2) is 0 Å². The lowest BCUT2D eigenvalue weighted by atomic mass is 10.1. The fraction of sp³-hybridized carbons (Fsp3) is 0.556.